The Morgan fingerprint density at radius 2 is 2.21 bits per heavy atom. The number of rotatable bonds is 6. The molecule has 0 aromatic carbocycles. The summed E-state index contributed by atoms with van der Waals surface area (Å²) in [4.78, 5) is 13.5. The molecule has 1 rings (SSSR count). The van der Waals surface area contributed by atoms with Crippen molar-refractivity contribution in [3.05, 3.63) is 0 Å². The third-order valence-corrected chi connectivity index (χ3v) is 2.34. The van der Waals surface area contributed by atoms with Gasteiger partial charge in [0, 0.05) is 18.5 Å². The fourth-order valence-corrected chi connectivity index (χ4v) is 1.49. The fraction of sp³-hybridized carbons (Fsp3) is 0.900. The van der Waals surface area contributed by atoms with Crippen LogP contribution >= 0.6 is 11.6 Å². The molecule has 0 aliphatic heterocycles. The molecule has 0 aromatic rings. The van der Waals surface area contributed by atoms with Crippen molar-refractivity contribution in [1.29, 1.82) is 0 Å². The molecule has 0 spiro atoms. The van der Waals surface area contributed by atoms with E-state index in [9.17, 15) is 4.79 Å². The van der Waals surface area contributed by atoms with E-state index in [1.54, 1.807) is 0 Å². The predicted octanol–water partition coefficient (Wildman–Crippen LogP) is 1.64. The summed E-state index contributed by atoms with van der Waals surface area (Å²) in [5.41, 5.74) is 0. The van der Waals surface area contributed by atoms with Gasteiger partial charge in [0.1, 0.15) is 6.61 Å². The maximum atomic E-state index is 11.7. The van der Waals surface area contributed by atoms with Gasteiger partial charge < -0.3 is 9.64 Å². The SMILES string of the molecule is CC(C)OCC(=O)N(CCCl)C1CC1. The first-order valence-electron chi connectivity index (χ1n) is 5.12. The molecule has 1 fully saturated rings. The van der Waals surface area contributed by atoms with Gasteiger partial charge in [-0.25, -0.2) is 0 Å². The normalized spacial score (nSPS) is 16.0. The van der Waals surface area contributed by atoms with E-state index in [2.05, 4.69) is 0 Å². The molecule has 0 saturated heterocycles. The minimum Gasteiger partial charge on any atom is -0.369 e. The van der Waals surface area contributed by atoms with Crippen molar-refractivity contribution in [3.63, 3.8) is 0 Å². The number of hydrogen-bond acceptors (Lipinski definition) is 2. The minimum absolute atomic E-state index is 0.0712. The fourth-order valence-electron chi connectivity index (χ4n) is 1.31. The van der Waals surface area contributed by atoms with Crippen LogP contribution in [0.15, 0.2) is 0 Å². The number of halogens is 1. The minimum atomic E-state index is 0.0712. The van der Waals surface area contributed by atoms with Crippen LogP contribution in [0.4, 0.5) is 0 Å². The molecule has 1 aliphatic rings. The van der Waals surface area contributed by atoms with Gasteiger partial charge in [0.15, 0.2) is 0 Å². The van der Waals surface area contributed by atoms with Gasteiger partial charge in [-0.15, -0.1) is 11.6 Å². The molecule has 0 bridgehead atoms. The second kappa shape index (κ2) is 5.56. The van der Waals surface area contributed by atoms with E-state index >= 15 is 0 Å². The molecule has 82 valence electrons. The van der Waals surface area contributed by atoms with Crippen LogP contribution in [0.25, 0.3) is 0 Å². The van der Waals surface area contributed by atoms with E-state index in [0.717, 1.165) is 12.8 Å². The van der Waals surface area contributed by atoms with Crippen LogP contribution < -0.4 is 0 Å². The summed E-state index contributed by atoms with van der Waals surface area (Å²) >= 11 is 5.64. The zero-order valence-corrected chi connectivity index (χ0v) is 9.59. The molecule has 1 saturated carbocycles. The second-order valence-electron chi connectivity index (χ2n) is 3.87. The molecule has 1 aliphatic carbocycles. The van der Waals surface area contributed by atoms with Gasteiger partial charge in [-0.3, -0.25) is 4.79 Å². The molecule has 0 unspecified atom stereocenters. The Kier molecular flexibility index (Phi) is 4.69. The number of alkyl halides is 1. The third kappa shape index (κ3) is 3.84. The van der Waals surface area contributed by atoms with E-state index in [1.165, 1.54) is 0 Å². The molecule has 4 heteroatoms. The maximum Gasteiger partial charge on any atom is 0.248 e. The first-order chi connectivity index (χ1) is 6.65. The maximum absolute atomic E-state index is 11.7. The monoisotopic (exact) mass is 219 g/mol. The zero-order chi connectivity index (χ0) is 10.6. The number of carbonyl (C=O) groups is 1. The Hall–Kier alpha value is -0.280. The predicted molar refractivity (Wildman–Crippen MR) is 56.5 cm³/mol. The van der Waals surface area contributed by atoms with Crippen LogP contribution in [-0.4, -0.2) is 42.0 Å². The first kappa shape index (κ1) is 11.8. The van der Waals surface area contributed by atoms with Crippen molar-refractivity contribution in [2.75, 3.05) is 19.0 Å². The summed E-state index contributed by atoms with van der Waals surface area (Å²) in [6.07, 6.45) is 2.34. The molecule has 0 heterocycles. The van der Waals surface area contributed by atoms with E-state index < -0.39 is 0 Å². The lowest BCUT2D eigenvalue weighted by molar-refractivity contribution is -0.137. The third-order valence-electron chi connectivity index (χ3n) is 2.17. The highest BCUT2D eigenvalue weighted by Crippen LogP contribution is 2.26. The number of nitrogens with zero attached hydrogens (tertiary/aromatic N) is 1. The summed E-state index contributed by atoms with van der Waals surface area (Å²) in [7, 11) is 0. The lowest BCUT2D eigenvalue weighted by Gasteiger charge is -2.21. The highest BCUT2D eigenvalue weighted by atomic mass is 35.5. The van der Waals surface area contributed by atoms with Crippen LogP contribution in [0, 0.1) is 0 Å². The Morgan fingerprint density at radius 3 is 2.64 bits per heavy atom. The van der Waals surface area contributed by atoms with Gasteiger partial charge in [0.2, 0.25) is 5.91 Å². The van der Waals surface area contributed by atoms with Gasteiger partial charge in [0.25, 0.3) is 0 Å². The van der Waals surface area contributed by atoms with Gasteiger partial charge in [-0.05, 0) is 26.7 Å². The number of carbonyl (C=O) groups excluding carboxylic acids is 1. The molecule has 0 aromatic heterocycles. The van der Waals surface area contributed by atoms with Crippen molar-refractivity contribution in [1.82, 2.24) is 4.90 Å². The van der Waals surface area contributed by atoms with E-state index in [4.69, 9.17) is 16.3 Å². The summed E-state index contributed by atoms with van der Waals surface area (Å²) in [5.74, 6) is 0.575. The zero-order valence-electron chi connectivity index (χ0n) is 8.83. The van der Waals surface area contributed by atoms with E-state index in [0.29, 0.717) is 18.5 Å². The Morgan fingerprint density at radius 1 is 1.57 bits per heavy atom. The number of amides is 1. The summed E-state index contributed by atoms with van der Waals surface area (Å²) in [6.45, 7) is 4.68. The lowest BCUT2D eigenvalue weighted by Crippen LogP contribution is -2.37. The molecule has 1 amide bonds. The van der Waals surface area contributed by atoms with Crippen molar-refractivity contribution in [2.45, 2.75) is 38.8 Å². The molecular formula is C10H18ClNO2. The second-order valence-corrected chi connectivity index (χ2v) is 4.25. The van der Waals surface area contributed by atoms with Crippen LogP contribution in [0.5, 0.6) is 0 Å². The number of ether oxygens (including phenoxy) is 1. The molecule has 0 radical (unpaired) electrons. The van der Waals surface area contributed by atoms with Crippen molar-refractivity contribution in [3.8, 4) is 0 Å². The smallest absolute Gasteiger partial charge is 0.248 e. The lowest BCUT2D eigenvalue weighted by atomic mass is 10.4. The topological polar surface area (TPSA) is 29.5 Å². The largest absolute Gasteiger partial charge is 0.369 e. The van der Waals surface area contributed by atoms with Gasteiger partial charge in [-0.1, -0.05) is 0 Å². The standard InChI is InChI=1S/C10H18ClNO2/c1-8(2)14-7-10(13)12(6-5-11)9-3-4-9/h8-9H,3-7H2,1-2H3. The Balaban J connectivity index is 2.30. The molecular weight excluding hydrogens is 202 g/mol. The highest BCUT2D eigenvalue weighted by molar-refractivity contribution is 6.18. The van der Waals surface area contributed by atoms with Gasteiger partial charge in [-0.2, -0.15) is 0 Å². The number of hydrogen-bond donors (Lipinski definition) is 0. The summed E-state index contributed by atoms with van der Waals surface area (Å²) in [6, 6.07) is 0.428. The quantitative estimate of drug-likeness (QED) is 0.636. The van der Waals surface area contributed by atoms with Crippen molar-refractivity contribution >= 4 is 17.5 Å². The van der Waals surface area contributed by atoms with Crippen LogP contribution in [0.2, 0.25) is 0 Å². The first-order valence-corrected chi connectivity index (χ1v) is 5.65. The molecule has 3 nitrogen and oxygen atoms in total. The van der Waals surface area contributed by atoms with Gasteiger partial charge >= 0.3 is 0 Å². The van der Waals surface area contributed by atoms with Crippen LogP contribution in [0.3, 0.4) is 0 Å². The van der Waals surface area contributed by atoms with Gasteiger partial charge in [0.05, 0.1) is 6.10 Å². The van der Waals surface area contributed by atoms with E-state index in [-0.39, 0.29) is 18.6 Å². The Bertz CT molecular complexity index is 193. The average Bonchev–Trinajstić information content (AvgIpc) is 2.93. The Labute approximate surface area is 90.4 Å². The summed E-state index contributed by atoms with van der Waals surface area (Å²) in [5, 5.41) is 0. The van der Waals surface area contributed by atoms with E-state index in [1.807, 2.05) is 18.7 Å². The molecule has 14 heavy (non-hydrogen) atoms. The van der Waals surface area contributed by atoms with Crippen molar-refractivity contribution < 1.29 is 9.53 Å². The molecule has 0 atom stereocenters. The van der Waals surface area contributed by atoms with Crippen LogP contribution in [-0.2, 0) is 9.53 Å². The van der Waals surface area contributed by atoms with Crippen molar-refractivity contribution in [2.24, 2.45) is 0 Å². The summed E-state index contributed by atoms with van der Waals surface area (Å²) < 4.78 is 5.27. The average molecular weight is 220 g/mol. The highest BCUT2D eigenvalue weighted by Gasteiger charge is 2.31. The van der Waals surface area contributed by atoms with Crippen LogP contribution in [0.1, 0.15) is 26.7 Å². The molecule has 0 N–H and O–H groups in total.